The molecule has 64 valence electrons. The van der Waals surface area contributed by atoms with Gasteiger partial charge in [-0.15, -0.1) is 12.4 Å². The lowest BCUT2D eigenvalue weighted by molar-refractivity contribution is 0.0683. The molecule has 0 aromatic rings. The van der Waals surface area contributed by atoms with Crippen molar-refractivity contribution in [2.24, 2.45) is 5.73 Å². The summed E-state index contributed by atoms with van der Waals surface area (Å²) >= 11 is 0. The molecule has 0 radical (unpaired) electrons. The SMILES string of the molecule is Cl.NC1C=CC(OC(=O)O)C1. The Labute approximate surface area is 70.4 Å². The average Bonchev–Trinajstić information content (AvgIpc) is 2.13. The van der Waals surface area contributed by atoms with Crippen molar-refractivity contribution >= 4 is 18.6 Å². The summed E-state index contributed by atoms with van der Waals surface area (Å²) < 4.78 is 4.43. The number of halogens is 1. The van der Waals surface area contributed by atoms with Crippen LogP contribution in [0.1, 0.15) is 6.42 Å². The van der Waals surface area contributed by atoms with Crippen LogP contribution in [-0.2, 0) is 4.74 Å². The molecule has 5 heteroatoms. The van der Waals surface area contributed by atoms with Gasteiger partial charge in [-0.2, -0.15) is 0 Å². The predicted molar refractivity (Wildman–Crippen MR) is 41.9 cm³/mol. The van der Waals surface area contributed by atoms with Gasteiger partial charge in [0.2, 0.25) is 0 Å². The van der Waals surface area contributed by atoms with E-state index < -0.39 is 6.16 Å². The summed E-state index contributed by atoms with van der Waals surface area (Å²) in [7, 11) is 0. The summed E-state index contributed by atoms with van der Waals surface area (Å²) in [6, 6.07) is -0.0515. The Bertz CT molecular complexity index is 171. The second-order valence-electron chi connectivity index (χ2n) is 2.21. The number of ether oxygens (including phenoxy) is 1. The lowest BCUT2D eigenvalue weighted by Gasteiger charge is -2.06. The van der Waals surface area contributed by atoms with Crippen LogP contribution in [0.4, 0.5) is 4.79 Å². The van der Waals surface area contributed by atoms with Gasteiger partial charge in [0, 0.05) is 12.5 Å². The second-order valence-corrected chi connectivity index (χ2v) is 2.21. The first kappa shape index (κ1) is 10.3. The van der Waals surface area contributed by atoms with E-state index in [4.69, 9.17) is 10.8 Å². The fourth-order valence-electron chi connectivity index (χ4n) is 0.909. The molecule has 4 nitrogen and oxygen atoms in total. The van der Waals surface area contributed by atoms with Gasteiger partial charge in [-0.3, -0.25) is 0 Å². The number of carboxylic acid groups (broad SMARTS) is 1. The molecule has 0 fully saturated rings. The van der Waals surface area contributed by atoms with Crippen LogP contribution in [0.3, 0.4) is 0 Å². The topological polar surface area (TPSA) is 72.5 Å². The van der Waals surface area contributed by atoms with Gasteiger partial charge in [0.15, 0.2) is 0 Å². The molecule has 1 aliphatic rings. The molecule has 2 unspecified atom stereocenters. The molecule has 0 heterocycles. The van der Waals surface area contributed by atoms with Gasteiger partial charge < -0.3 is 15.6 Å². The Morgan fingerprint density at radius 2 is 2.27 bits per heavy atom. The maximum absolute atomic E-state index is 9.97. The van der Waals surface area contributed by atoms with Crippen LogP contribution in [0, 0.1) is 0 Å². The molecule has 1 rings (SSSR count). The maximum atomic E-state index is 9.97. The summed E-state index contributed by atoms with van der Waals surface area (Å²) in [5, 5.41) is 8.16. The average molecular weight is 180 g/mol. The van der Waals surface area contributed by atoms with E-state index in [-0.39, 0.29) is 24.6 Å². The summed E-state index contributed by atoms with van der Waals surface area (Å²) in [6.45, 7) is 0. The summed E-state index contributed by atoms with van der Waals surface area (Å²) in [5.41, 5.74) is 5.44. The number of carbonyl (C=O) groups is 1. The Kier molecular flexibility index (Phi) is 3.92. The number of hydrogen-bond acceptors (Lipinski definition) is 3. The highest BCUT2D eigenvalue weighted by atomic mass is 35.5. The van der Waals surface area contributed by atoms with Crippen molar-refractivity contribution < 1.29 is 14.6 Å². The molecular weight excluding hydrogens is 170 g/mol. The molecule has 3 N–H and O–H groups in total. The molecule has 0 aliphatic heterocycles. The third-order valence-electron chi connectivity index (χ3n) is 1.33. The molecule has 0 saturated heterocycles. The first-order valence-corrected chi connectivity index (χ1v) is 3.02. The summed E-state index contributed by atoms with van der Waals surface area (Å²) in [6.07, 6.45) is 2.38. The lowest BCUT2D eigenvalue weighted by Crippen LogP contribution is -2.20. The zero-order chi connectivity index (χ0) is 7.56. The van der Waals surface area contributed by atoms with E-state index in [0.29, 0.717) is 6.42 Å². The summed E-state index contributed by atoms with van der Waals surface area (Å²) in [5.74, 6) is 0. The normalized spacial score (nSPS) is 27.7. The van der Waals surface area contributed by atoms with Crippen molar-refractivity contribution in [2.45, 2.75) is 18.6 Å². The van der Waals surface area contributed by atoms with Crippen LogP contribution >= 0.6 is 12.4 Å². The molecule has 0 saturated carbocycles. The van der Waals surface area contributed by atoms with Crippen molar-refractivity contribution in [3.05, 3.63) is 12.2 Å². The van der Waals surface area contributed by atoms with Crippen LogP contribution in [-0.4, -0.2) is 23.4 Å². The van der Waals surface area contributed by atoms with Gasteiger partial charge >= 0.3 is 6.16 Å². The van der Waals surface area contributed by atoms with Crippen LogP contribution < -0.4 is 5.73 Å². The van der Waals surface area contributed by atoms with Crippen LogP contribution in [0.5, 0.6) is 0 Å². The van der Waals surface area contributed by atoms with E-state index in [9.17, 15) is 4.79 Å². The lowest BCUT2D eigenvalue weighted by atomic mass is 10.2. The van der Waals surface area contributed by atoms with E-state index in [1.54, 1.807) is 12.2 Å². The molecule has 0 spiro atoms. The molecule has 0 aromatic heterocycles. The molecule has 0 amide bonds. The minimum Gasteiger partial charge on any atom is -0.450 e. The number of nitrogens with two attached hydrogens (primary N) is 1. The Balaban J connectivity index is 0.000001000. The van der Waals surface area contributed by atoms with E-state index in [2.05, 4.69) is 4.74 Å². The maximum Gasteiger partial charge on any atom is 0.506 e. The van der Waals surface area contributed by atoms with E-state index in [1.807, 2.05) is 0 Å². The van der Waals surface area contributed by atoms with Gasteiger partial charge in [-0.05, 0) is 6.08 Å². The quantitative estimate of drug-likeness (QED) is 0.461. The second kappa shape index (κ2) is 4.20. The molecule has 11 heavy (non-hydrogen) atoms. The van der Waals surface area contributed by atoms with Gasteiger partial charge in [0.1, 0.15) is 6.10 Å². The zero-order valence-electron chi connectivity index (χ0n) is 5.77. The molecule has 1 aliphatic carbocycles. The van der Waals surface area contributed by atoms with Crippen LogP contribution in [0.25, 0.3) is 0 Å². The fraction of sp³-hybridized carbons (Fsp3) is 0.500. The Morgan fingerprint density at radius 3 is 2.64 bits per heavy atom. The van der Waals surface area contributed by atoms with Gasteiger partial charge in [0.05, 0.1) is 0 Å². The minimum absolute atomic E-state index is 0. The highest BCUT2D eigenvalue weighted by Gasteiger charge is 2.18. The third kappa shape index (κ3) is 3.25. The van der Waals surface area contributed by atoms with Crippen molar-refractivity contribution in [1.29, 1.82) is 0 Å². The van der Waals surface area contributed by atoms with E-state index in [0.717, 1.165) is 0 Å². The van der Waals surface area contributed by atoms with E-state index >= 15 is 0 Å². The highest BCUT2D eigenvalue weighted by Crippen LogP contribution is 2.11. The van der Waals surface area contributed by atoms with Gasteiger partial charge in [-0.1, -0.05) is 6.08 Å². The predicted octanol–water partition coefficient (Wildman–Crippen LogP) is 0.759. The standard InChI is InChI=1S/C6H9NO3.ClH/c7-4-1-2-5(3-4)10-6(8)9;/h1-2,4-5H,3,7H2,(H,8,9);1H. The molecule has 2 atom stereocenters. The fourth-order valence-corrected chi connectivity index (χ4v) is 0.909. The number of hydrogen-bond donors (Lipinski definition) is 2. The molecule has 0 aromatic carbocycles. The monoisotopic (exact) mass is 179 g/mol. The van der Waals surface area contributed by atoms with Crippen LogP contribution in [0.15, 0.2) is 12.2 Å². The highest BCUT2D eigenvalue weighted by molar-refractivity contribution is 5.85. The molecule has 0 bridgehead atoms. The van der Waals surface area contributed by atoms with Gasteiger partial charge in [-0.25, -0.2) is 4.79 Å². The Morgan fingerprint density at radius 1 is 1.64 bits per heavy atom. The van der Waals surface area contributed by atoms with Gasteiger partial charge in [0.25, 0.3) is 0 Å². The molecular formula is C6H10ClNO3. The van der Waals surface area contributed by atoms with Crippen molar-refractivity contribution in [1.82, 2.24) is 0 Å². The third-order valence-corrected chi connectivity index (χ3v) is 1.33. The largest absolute Gasteiger partial charge is 0.506 e. The summed E-state index contributed by atoms with van der Waals surface area (Å²) in [4.78, 5) is 9.97. The van der Waals surface area contributed by atoms with Crippen molar-refractivity contribution in [3.8, 4) is 0 Å². The van der Waals surface area contributed by atoms with E-state index in [1.165, 1.54) is 0 Å². The smallest absolute Gasteiger partial charge is 0.450 e. The van der Waals surface area contributed by atoms with Crippen molar-refractivity contribution in [3.63, 3.8) is 0 Å². The van der Waals surface area contributed by atoms with Crippen LogP contribution in [0.2, 0.25) is 0 Å². The first-order chi connectivity index (χ1) is 4.68. The zero-order valence-corrected chi connectivity index (χ0v) is 6.58. The first-order valence-electron chi connectivity index (χ1n) is 3.02. The number of rotatable bonds is 1. The Hall–Kier alpha value is -0.740. The van der Waals surface area contributed by atoms with Crippen molar-refractivity contribution in [2.75, 3.05) is 0 Å². The minimum atomic E-state index is -1.25.